The molecule has 0 aliphatic heterocycles. The number of nitrogens with zero attached hydrogens (tertiary/aromatic N) is 1. The average molecular weight is 244 g/mol. The molecule has 0 bridgehead atoms. The molecule has 0 aromatic carbocycles. The fourth-order valence-corrected chi connectivity index (χ4v) is 1.73. The van der Waals surface area contributed by atoms with Gasteiger partial charge < -0.3 is 10.5 Å². The number of ether oxygens (including phenoxy) is 1. The Hall–Kier alpha value is -0.970. The summed E-state index contributed by atoms with van der Waals surface area (Å²) in [5, 5.41) is 2.49. The Kier molecular flexibility index (Phi) is 10.9. The van der Waals surface area contributed by atoms with Gasteiger partial charge in [0.25, 0.3) is 0 Å². The number of hydrogen-bond donors (Lipinski definition) is 1. The molecule has 5 heteroatoms. The van der Waals surface area contributed by atoms with Crippen molar-refractivity contribution in [2.45, 2.75) is 58.0 Å². The lowest BCUT2D eigenvalue weighted by Gasteiger charge is -2.21. The molecule has 0 aromatic heterocycles. The van der Waals surface area contributed by atoms with Crippen molar-refractivity contribution in [1.82, 2.24) is 0 Å². The molecule has 1 aliphatic rings. The van der Waals surface area contributed by atoms with Crippen molar-refractivity contribution < 1.29 is 9.53 Å². The number of rotatable bonds is 6. The summed E-state index contributed by atoms with van der Waals surface area (Å²) in [6, 6.07) is 0. The van der Waals surface area contributed by atoms with Gasteiger partial charge in [-0.2, -0.15) is 4.91 Å². The maximum Gasteiger partial charge on any atom is 0.217 e. The highest BCUT2D eigenvalue weighted by atomic mass is 16.5. The minimum atomic E-state index is -0.229. The van der Waals surface area contributed by atoms with Crippen LogP contribution >= 0.6 is 0 Å². The third-order valence-corrected chi connectivity index (χ3v) is 2.60. The van der Waals surface area contributed by atoms with Crippen molar-refractivity contribution in [2.24, 2.45) is 10.9 Å². The molecule has 1 rings (SSSR count). The molecule has 1 amide bonds. The first-order valence-corrected chi connectivity index (χ1v) is 6.39. The minimum absolute atomic E-state index is 0.229. The molecule has 2 N–H and O–H groups in total. The Morgan fingerprint density at radius 1 is 1.35 bits per heavy atom. The largest absolute Gasteiger partial charge is 0.378 e. The van der Waals surface area contributed by atoms with E-state index in [-0.39, 0.29) is 5.91 Å². The maximum atomic E-state index is 10.4. The van der Waals surface area contributed by atoms with Gasteiger partial charge in [-0.05, 0) is 26.2 Å². The number of nitroso groups, excluding NO2 is 1. The molecule has 0 saturated heterocycles. The number of hydrogen-bond acceptors (Lipinski definition) is 4. The maximum absolute atomic E-state index is 10.4. The van der Waals surface area contributed by atoms with E-state index in [4.69, 9.17) is 15.4 Å². The van der Waals surface area contributed by atoms with Crippen molar-refractivity contribution in [1.29, 1.82) is 0 Å². The highest BCUT2D eigenvalue weighted by molar-refractivity contribution is 5.73. The quantitative estimate of drug-likeness (QED) is 0.575. The van der Waals surface area contributed by atoms with Crippen molar-refractivity contribution in [3.8, 4) is 0 Å². The summed E-state index contributed by atoms with van der Waals surface area (Å²) in [5.41, 5.74) is 5.02. The van der Waals surface area contributed by atoms with Gasteiger partial charge in [0.05, 0.1) is 12.6 Å². The molecule has 0 aromatic rings. The lowest BCUT2D eigenvalue weighted by atomic mass is 9.98. The van der Waals surface area contributed by atoms with E-state index in [1.807, 2.05) is 0 Å². The molecule has 17 heavy (non-hydrogen) atoms. The highest BCUT2D eigenvalue weighted by Gasteiger charge is 2.12. The lowest BCUT2D eigenvalue weighted by Crippen LogP contribution is -2.18. The molecule has 0 atom stereocenters. The Balaban J connectivity index is 0.000000557. The Labute approximate surface area is 103 Å². The van der Waals surface area contributed by atoms with Crippen LogP contribution < -0.4 is 5.73 Å². The van der Waals surface area contributed by atoms with Crippen molar-refractivity contribution in [3.05, 3.63) is 4.91 Å². The van der Waals surface area contributed by atoms with Crippen LogP contribution in [-0.2, 0) is 9.53 Å². The standard InChI is InChI=1S/C10H19NO2.C2H5NO/c11-10(12)7-4-8-13-9-5-2-1-3-6-9;1-2-3-4/h9H,1-8H2,(H2,11,12);2H2,1H3. The zero-order valence-corrected chi connectivity index (χ0v) is 10.7. The van der Waals surface area contributed by atoms with Gasteiger partial charge >= 0.3 is 0 Å². The van der Waals surface area contributed by atoms with Crippen LogP contribution in [0.2, 0.25) is 0 Å². The van der Waals surface area contributed by atoms with E-state index in [0.29, 0.717) is 25.7 Å². The Morgan fingerprint density at radius 2 is 1.94 bits per heavy atom. The van der Waals surface area contributed by atoms with Gasteiger partial charge in [-0.15, -0.1) is 0 Å². The van der Waals surface area contributed by atoms with Gasteiger partial charge in [0, 0.05) is 13.0 Å². The molecule has 0 radical (unpaired) electrons. The summed E-state index contributed by atoms with van der Waals surface area (Å²) in [7, 11) is 0. The summed E-state index contributed by atoms with van der Waals surface area (Å²) in [4.78, 5) is 19.3. The second kappa shape index (κ2) is 11.5. The fraction of sp³-hybridized carbons (Fsp3) is 0.917. The zero-order valence-electron chi connectivity index (χ0n) is 10.7. The smallest absolute Gasteiger partial charge is 0.217 e. The van der Waals surface area contributed by atoms with E-state index in [1.165, 1.54) is 32.1 Å². The predicted octanol–water partition coefficient (Wildman–Crippen LogP) is 2.37. The lowest BCUT2D eigenvalue weighted by molar-refractivity contribution is -0.118. The topological polar surface area (TPSA) is 81.8 Å². The summed E-state index contributed by atoms with van der Waals surface area (Å²) in [6.07, 6.45) is 7.98. The molecular formula is C12H24N2O3. The van der Waals surface area contributed by atoms with Gasteiger partial charge in [0.2, 0.25) is 5.91 Å². The van der Waals surface area contributed by atoms with Crippen LogP contribution in [0.4, 0.5) is 0 Å². The van der Waals surface area contributed by atoms with Crippen LogP contribution in [0.1, 0.15) is 51.9 Å². The van der Waals surface area contributed by atoms with E-state index >= 15 is 0 Å². The molecule has 5 nitrogen and oxygen atoms in total. The van der Waals surface area contributed by atoms with Gasteiger partial charge in [0.15, 0.2) is 0 Å². The number of nitrogens with two attached hydrogens (primary N) is 1. The van der Waals surface area contributed by atoms with Crippen LogP contribution in [0, 0.1) is 4.91 Å². The summed E-state index contributed by atoms with van der Waals surface area (Å²) in [5.74, 6) is -0.229. The van der Waals surface area contributed by atoms with Crippen LogP contribution in [0.3, 0.4) is 0 Å². The van der Waals surface area contributed by atoms with Crippen LogP contribution in [0.5, 0.6) is 0 Å². The van der Waals surface area contributed by atoms with Gasteiger partial charge in [-0.3, -0.25) is 4.79 Å². The van der Waals surface area contributed by atoms with E-state index in [1.54, 1.807) is 6.92 Å². The van der Waals surface area contributed by atoms with Crippen LogP contribution in [-0.4, -0.2) is 25.2 Å². The third-order valence-electron chi connectivity index (χ3n) is 2.60. The third kappa shape index (κ3) is 11.3. The number of primary amides is 1. The van der Waals surface area contributed by atoms with E-state index in [0.717, 1.165) is 6.42 Å². The van der Waals surface area contributed by atoms with Crippen LogP contribution in [0.15, 0.2) is 5.18 Å². The van der Waals surface area contributed by atoms with E-state index in [2.05, 4.69) is 5.18 Å². The first-order chi connectivity index (χ1) is 8.20. The molecule has 0 unspecified atom stereocenters. The van der Waals surface area contributed by atoms with E-state index < -0.39 is 0 Å². The van der Waals surface area contributed by atoms with Crippen molar-refractivity contribution in [3.63, 3.8) is 0 Å². The molecular weight excluding hydrogens is 220 g/mol. The number of amides is 1. The molecule has 100 valence electrons. The SMILES string of the molecule is CCN=O.NC(=O)CCCOC1CCCCC1. The molecule has 1 aliphatic carbocycles. The first-order valence-electron chi connectivity index (χ1n) is 6.39. The first kappa shape index (κ1) is 16.0. The predicted molar refractivity (Wildman–Crippen MR) is 67.6 cm³/mol. The molecule has 0 heterocycles. The summed E-state index contributed by atoms with van der Waals surface area (Å²) in [6.45, 7) is 2.78. The Bertz CT molecular complexity index is 204. The average Bonchev–Trinajstić information content (AvgIpc) is 2.36. The van der Waals surface area contributed by atoms with Crippen LogP contribution in [0.25, 0.3) is 0 Å². The van der Waals surface area contributed by atoms with Crippen molar-refractivity contribution in [2.75, 3.05) is 13.2 Å². The second-order valence-corrected chi connectivity index (χ2v) is 4.15. The number of carbonyl (C=O) groups is 1. The molecule has 0 spiro atoms. The Morgan fingerprint density at radius 3 is 2.41 bits per heavy atom. The summed E-state index contributed by atoms with van der Waals surface area (Å²) >= 11 is 0. The molecule has 1 saturated carbocycles. The van der Waals surface area contributed by atoms with Gasteiger partial charge in [-0.25, -0.2) is 0 Å². The minimum Gasteiger partial charge on any atom is -0.378 e. The molecule has 1 fully saturated rings. The zero-order chi connectivity index (χ0) is 12.9. The highest BCUT2D eigenvalue weighted by Crippen LogP contribution is 2.20. The van der Waals surface area contributed by atoms with Gasteiger partial charge in [-0.1, -0.05) is 24.4 Å². The second-order valence-electron chi connectivity index (χ2n) is 4.15. The number of carbonyl (C=O) groups excluding carboxylic acids is 1. The van der Waals surface area contributed by atoms with Gasteiger partial charge in [0.1, 0.15) is 0 Å². The monoisotopic (exact) mass is 244 g/mol. The van der Waals surface area contributed by atoms with E-state index in [9.17, 15) is 4.79 Å². The fourth-order valence-electron chi connectivity index (χ4n) is 1.73. The summed E-state index contributed by atoms with van der Waals surface area (Å²) < 4.78 is 5.63. The normalized spacial score (nSPS) is 15.8. The van der Waals surface area contributed by atoms with Crippen molar-refractivity contribution >= 4 is 5.91 Å².